The molecule has 0 spiro atoms. The van der Waals surface area contributed by atoms with E-state index in [1.54, 1.807) is 60.7 Å². The Morgan fingerprint density at radius 2 is 1.80 bits per heavy atom. The van der Waals surface area contributed by atoms with E-state index in [-0.39, 0.29) is 23.8 Å². The van der Waals surface area contributed by atoms with Crippen LogP contribution < -0.4 is 24.7 Å². The number of benzene rings is 4. The highest BCUT2D eigenvalue weighted by Gasteiger charge is 2.31. The molecule has 0 saturated heterocycles. The minimum Gasteiger partial charge on any atom is -0.493 e. The number of para-hydroxylation sites is 1. The summed E-state index contributed by atoms with van der Waals surface area (Å²) in [6.45, 7) is 2.48. The molecule has 4 aromatic carbocycles. The molecule has 1 aliphatic rings. The summed E-state index contributed by atoms with van der Waals surface area (Å²) in [6.07, 6.45) is 0. The number of fused-ring (bicyclic) bond motifs is 1. The third-order valence-corrected chi connectivity index (χ3v) is 7.00. The van der Waals surface area contributed by atoms with Gasteiger partial charge in [-0.1, -0.05) is 59.6 Å². The van der Waals surface area contributed by atoms with Gasteiger partial charge in [0.05, 0.1) is 12.5 Å². The van der Waals surface area contributed by atoms with Gasteiger partial charge in [-0.15, -0.1) is 0 Å². The summed E-state index contributed by atoms with van der Waals surface area (Å²) < 4.78 is 23.0. The SMILES string of the molecule is CCOc1ccccc1C(=O)Oc1ccc2c(c1)OC(N)=C(C#N)C2c1cccc(OCc2ccc(Cl)cc2Cl)c1. The van der Waals surface area contributed by atoms with Crippen LogP contribution in [0.2, 0.25) is 10.0 Å². The third-order valence-electron chi connectivity index (χ3n) is 6.41. The highest BCUT2D eigenvalue weighted by atomic mass is 35.5. The molecule has 1 atom stereocenters. The van der Waals surface area contributed by atoms with Crippen molar-refractivity contribution in [1.29, 1.82) is 5.26 Å². The fourth-order valence-corrected chi connectivity index (χ4v) is 4.97. The summed E-state index contributed by atoms with van der Waals surface area (Å²) in [7, 11) is 0. The van der Waals surface area contributed by atoms with Crippen LogP contribution >= 0.6 is 23.2 Å². The molecule has 0 aliphatic carbocycles. The van der Waals surface area contributed by atoms with E-state index in [1.165, 1.54) is 0 Å². The van der Waals surface area contributed by atoms with Crippen LogP contribution in [-0.2, 0) is 6.61 Å². The molecule has 41 heavy (non-hydrogen) atoms. The molecular weight excluding hydrogens is 563 g/mol. The van der Waals surface area contributed by atoms with Gasteiger partial charge in [0.25, 0.3) is 0 Å². The number of rotatable bonds is 8. The Bertz CT molecular complexity index is 1700. The molecule has 7 nitrogen and oxygen atoms in total. The van der Waals surface area contributed by atoms with E-state index < -0.39 is 11.9 Å². The van der Waals surface area contributed by atoms with Crippen LogP contribution in [0.1, 0.15) is 39.9 Å². The van der Waals surface area contributed by atoms with Gasteiger partial charge in [-0.25, -0.2) is 4.79 Å². The first kappa shape index (κ1) is 27.9. The summed E-state index contributed by atoms with van der Waals surface area (Å²) >= 11 is 12.3. The standard InChI is InChI=1S/C32H24Cl2N2O5/c1-2-38-28-9-4-3-8-25(28)32(37)40-23-12-13-24-29(16-23)41-31(36)26(17-35)30(24)19-6-5-7-22(14-19)39-18-20-10-11-21(33)15-27(20)34/h3-16,30H,2,18,36H2,1H3. The molecule has 0 amide bonds. The van der Waals surface area contributed by atoms with Crippen LogP contribution in [0.25, 0.3) is 0 Å². The molecule has 0 saturated carbocycles. The number of halogens is 2. The molecule has 1 aliphatic heterocycles. The summed E-state index contributed by atoms with van der Waals surface area (Å²) in [5.74, 6) is 0.493. The number of allylic oxidation sites excluding steroid dienone is 1. The van der Waals surface area contributed by atoms with Crippen molar-refractivity contribution in [2.24, 2.45) is 5.73 Å². The van der Waals surface area contributed by atoms with Crippen LogP contribution in [0.4, 0.5) is 0 Å². The lowest BCUT2D eigenvalue weighted by atomic mass is 9.83. The fourth-order valence-electron chi connectivity index (χ4n) is 4.50. The number of hydrogen-bond donors (Lipinski definition) is 1. The number of carbonyl (C=O) groups is 1. The van der Waals surface area contributed by atoms with E-state index in [2.05, 4.69) is 6.07 Å². The predicted molar refractivity (Wildman–Crippen MR) is 156 cm³/mol. The van der Waals surface area contributed by atoms with E-state index in [0.29, 0.717) is 45.0 Å². The molecule has 0 radical (unpaired) electrons. The fraction of sp³-hybridized carbons (Fsp3) is 0.125. The first-order valence-electron chi connectivity index (χ1n) is 12.7. The second-order valence-corrected chi connectivity index (χ2v) is 9.88. The number of nitrogens with two attached hydrogens (primary N) is 1. The Kier molecular flexibility index (Phi) is 8.34. The maximum absolute atomic E-state index is 12.9. The molecule has 5 rings (SSSR count). The zero-order chi connectivity index (χ0) is 28.9. The molecule has 1 heterocycles. The van der Waals surface area contributed by atoms with Crippen LogP contribution in [-0.4, -0.2) is 12.6 Å². The van der Waals surface area contributed by atoms with E-state index in [9.17, 15) is 10.1 Å². The van der Waals surface area contributed by atoms with Gasteiger partial charge >= 0.3 is 5.97 Å². The summed E-state index contributed by atoms with van der Waals surface area (Å²) in [4.78, 5) is 12.9. The Morgan fingerprint density at radius 3 is 2.59 bits per heavy atom. The first-order valence-corrected chi connectivity index (χ1v) is 13.5. The molecular formula is C32H24Cl2N2O5. The quantitative estimate of drug-likeness (QED) is 0.169. The predicted octanol–water partition coefficient (Wildman–Crippen LogP) is 7.41. The van der Waals surface area contributed by atoms with Gasteiger partial charge in [0, 0.05) is 27.2 Å². The summed E-state index contributed by atoms with van der Waals surface area (Å²) in [6, 6.07) is 26.6. The number of nitriles is 1. The van der Waals surface area contributed by atoms with Crippen molar-refractivity contribution in [2.75, 3.05) is 6.61 Å². The van der Waals surface area contributed by atoms with E-state index in [4.69, 9.17) is 47.9 Å². The van der Waals surface area contributed by atoms with Crippen molar-refractivity contribution in [3.8, 4) is 29.1 Å². The molecule has 2 N–H and O–H groups in total. The number of esters is 1. The monoisotopic (exact) mass is 586 g/mol. The minimum absolute atomic E-state index is 0.0329. The van der Waals surface area contributed by atoms with Crippen molar-refractivity contribution in [2.45, 2.75) is 19.4 Å². The topological polar surface area (TPSA) is 104 Å². The van der Waals surface area contributed by atoms with Gasteiger partial charge in [-0.05, 0) is 55.0 Å². The lowest BCUT2D eigenvalue weighted by Crippen LogP contribution is -2.21. The minimum atomic E-state index is -0.576. The zero-order valence-electron chi connectivity index (χ0n) is 21.9. The summed E-state index contributed by atoms with van der Waals surface area (Å²) in [5.41, 5.74) is 8.97. The Morgan fingerprint density at radius 1 is 0.976 bits per heavy atom. The maximum atomic E-state index is 12.9. The van der Waals surface area contributed by atoms with Gasteiger partial charge in [-0.3, -0.25) is 0 Å². The van der Waals surface area contributed by atoms with Gasteiger partial charge in [0.1, 0.15) is 46.8 Å². The van der Waals surface area contributed by atoms with Crippen molar-refractivity contribution in [1.82, 2.24) is 0 Å². The largest absolute Gasteiger partial charge is 0.493 e. The van der Waals surface area contributed by atoms with E-state index in [1.807, 2.05) is 31.2 Å². The van der Waals surface area contributed by atoms with Crippen LogP contribution in [0, 0.1) is 11.3 Å². The Hall–Kier alpha value is -4.64. The first-order chi connectivity index (χ1) is 19.9. The van der Waals surface area contributed by atoms with Crippen molar-refractivity contribution in [3.05, 3.63) is 129 Å². The zero-order valence-corrected chi connectivity index (χ0v) is 23.4. The average molecular weight is 587 g/mol. The lowest BCUT2D eigenvalue weighted by Gasteiger charge is -2.27. The van der Waals surface area contributed by atoms with Crippen molar-refractivity contribution >= 4 is 29.2 Å². The number of nitrogens with zero attached hydrogens (tertiary/aromatic N) is 1. The van der Waals surface area contributed by atoms with Gasteiger partial charge in [-0.2, -0.15) is 5.26 Å². The Balaban J connectivity index is 1.42. The highest BCUT2D eigenvalue weighted by Crippen LogP contribution is 2.44. The van der Waals surface area contributed by atoms with Crippen LogP contribution in [0.15, 0.2) is 96.4 Å². The molecule has 206 valence electrons. The molecule has 1 unspecified atom stereocenters. The van der Waals surface area contributed by atoms with E-state index >= 15 is 0 Å². The second-order valence-electron chi connectivity index (χ2n) is 9.04. The molecule has 4 aromatic rings. The van der Waals surface area contributed by atoms with E-state index in [0.717, 1.165) is 11.1 Å². The normalized spacial score (nSPS) is 14.0. The number of hydrogen-bond acceptors (Lipinski definition) is 7. The molecule has 0 fully saturated rings. The average Bonchev–Trinajstić information content (AvgIpc) is 2.96. The number of carbonyl (C=O) groups excluding carboxylic acids is 1. The second kappa shape index (κ2) is 12.3. The number of ether oxygens (including phenoxy) is 4. The van der Waals surface area contributed by atoms with Crippen LogP contribution in [0.5, 0.6) is 23.0 Å². The van der Waals surface area contributed by atoms with Crippen LogP contribution in [0.3, 0.4) is 0 Å². The molecule has 9 heteroatoms. The third kappa shape index (κ3) is 6.09. The lowest BCUT2D eigenvalue weighted by molar-refractivity contribution is 0.0730. The smallest absolute Gasteiger partial charge is 0.347 e. The Labute approximate surface area is 247 Å². The van der Waals surface area contributed by atoms with Gasteiger partial charge in [0.15, 0.2) is 0 Å². The molecule has 0 aromatic heterocycles. The van der Waals surface area contributed by atoms with Crippen molar-refractivity contribution in [3.63, 3.8) is 0 Å². The maximum Gasteiger partial charge on any atom is 0.347 e. The summed E-state index contributed by atoms with van der Waals surface area (Å²) in [5, 5.41) is 11.0. The highest BCUT2D eigenvalue weighted by molar-refractivity contribution is 6.35. The van der Waals surface area contributed by atoms with Crippen molar-refractivity contribution < 1.29 is 23.7 Å². The molecule has 0 bridgehead atoms. The van der Waals surface area contributed by atoms with Gasteiger partial charge in [0.2, 0.25) is 5.88 Å². The van der Waals surface area contributed by atoms with Gasteiger partial charge < -0.3 is 24.7 Å².